The summed E-state index contributed by atoms with van der Waals surface area (Å²) in [6.45, 7) is 1.49. The van der Waals surface area contributed by atoms with E-state index in [0.29, 0.717) is 16.9 Å². The maximum absolute atomic E-state index is 12.6. The summed E-state index contributed by atoms with van der Waals surface area (Å²) in [5.74, 6) is -2.96. The van der Waals surface area contributed by atoms with Crippen LogP contribution in [-0.2, 0) is 9.59 Å². The van der Waals surface area contributed by atoms with Crippen molar-refractivity contribution in [3.8, 4) is 0 Å². The standard InChI is InChI=1S/C22H27N5O3/c23-16-6-2-3-7-17(16)26-22(30)15-10-8-14(9-11-15)19(18(20(24)28)21(25)29)27-12-4-1-5-13-27/h2-3,6-11,18-19H,1,4-5,12-13,23H2,(H2,24,28)(H2,25,29)(H,26,30). The molecular weight excluding hydrogens is 382 g/mol. The zero-order chi connectivity index (χ0) is 21.7. The molecule has 0 saturated carbocycles. The average molecular weight is 409 g/mol. The molecule has 30 heavy (non-hydrogen) atoms. The average Bonchev–Trinajstić information content (AvgIpc) is 2.73. The molecule has 0 aliphatic carbocycles. The van der Waals surface area contributed by atoms with Gasteiger partial charge in [-0.15, -0.1) is 0 Å². The SMILES string of the molecule is NC(=O)C(C(N)=O)C(c1ccc(C(=O)Nc2ccccc2N)cc1)N1CCCCC1. The fraction of sp³-hybridized carbons (Fsp3) is 0.318. The van der Waals surface area contributed by atoms with Gasteiger partial charge in [-0.2, -0.15) is 0 Å². The van der Waals surface area contributed by atoms with E-state index in [1.165, 1.54) is 0 Å². The topological polar surface area (TPSA) is 145 Å². The Morgan fingerprint density at radius 3 is 2.03 bits per heavy atom. The number of hydrogen-bond donors (Lipinski definition) is 4. The number of rotatable bonds is 7. The number of anilines is 2. The molecule has 158 valence electrons. The number of primary amides is 2. The molecule has 3 amide bonds. The van der Waals surface area contributed by atoms with E-state index in [1.54, 1.807) is 48.5 Å². The van der Waals surface area contributed by atoms with Crippen LogP contribution in [0.25, 0.3) is 0 Å². The summed E-state index contributed by atoms with van der Waals surface area (Å²) in [4.78, 5) is 38.7. The fourth-order valence-electron chi connectivity index (χ4n) is 3.90. The summed E-state index contributed by atoms with van der Waals surface area (Å²) in [5, 5.41) is 2.78. The first-order valence-electron chi connectivity index (χ1n) is 9.97. The number of nitrogen functional groups attached to an aromatic ring is 1. The molecule has 8 nitrogen and oxygen atoms in total. The zero-order valence-electron chi connectivity index (χ0n) is 16.7. The van der Waals surface area contributed by atoms with Gasteiger partial charge in [0.25, 0.3) is 5.91 Å². The molecule has 2 aromatic rings. The van der Waals surface area contributed by atoms with Crippen LogP contribution in [-0.4, -0.2) is 35.7 Å². The minimum atomic E-state index is -1.15. The lowest BCUT2D eigenvalue weighted by Gasteiger charge is -2.37. The highest BCUT2D eigenvalue weighted by Gasteiger charge is 2.37. The van der Waals surface area contributed by atoms with Gasteiger partial charge in [-0.05, 0) is 55.8 Å². The summed E-state index contributed by atoms with van der Waals surface area (Å²) < 4.78 is 0. The van der Waals surface area contributed by atoms with Gasteiger partial charge in [0.05, 0.1) is 17.4 Å². The van der Waals surface area contributed by atoms with Gasteiger partial charge in [-0.3, -0.25) is 19.3 Å². The molecule has 0 radical (unpaired) electrons. The number of carbonyl (C=O) groups excluding carboxylic acids is 3. The van der Waals surface area contributed by atoms with E-state index in [2.05, 4.69) is 10.2 Å². The lowest BCUT2D eigenvalue weighted by Crippen LogP contribution is -2.47. The van der Waals surface area contributed by atoms with Crippen molar-refractivity contribution in [2.75, 3.05) is 24.1 Å². The Morgan fingerprint density at radius 2 is 1.47 bits per heavy atom. The molecule has 1 fully saturated rings. The van der Waals surface area contributed by atoms with E-state index < -0.39 is 23.8 Å². The molecule has 1 unspecified atom stereocenters. The summed E-state index contributed by atoms with van der Waals surface area (Å²) in [7, 11) is 0. The Morgan fingerprint density at radius 1 is 0.867 bits per heavy atom. The minimum absolute atomic E-state index is 0.310. The number of benzene rings is 2. The van der Waals surface area contributed by atoms with E-state index in [4.69, 9.17) is 17.2 Å². The molecule has 0 aromatic heterocycles. The molecule has 1 aliphatic heterocycles. The lowest BCUT2D eigenvalue weighted by molar-refractivity contribution is -0.135. The molecule has 1 atom stereocenters. The number of carbonyl (C=O) groups is 3. The summed E-state index contributed by atoms with van der Waals surface area (Å²) >= 11 is 0. The number of piperidine rings is 1. The highest BCUT2D eigenvalue weighted by molar-refractivity contribution is 6.05. The molecular formula is C22H27N5O3. The Bertz CT molecular complexity index is 909. The number of amides is 3. The third-order valence-electron chi connectivity index (χ3n) is 5.44. The summed E-state index contributed by atoms with van der Waals surface area (Å²) in [5.41, 5.74) is 19.1. The lowest BCUT2D eigenvalue weighted by atomic mass is 9.88. The molecule has 0 bridgehead atoms. The van der Waals surface area contributed by atoms with Gasteiger partial charge >= 0.3 is 0 Å². The van der Waals surface area contributed by atoms with Gasteiger partial charge in [0, 0.05) is 5.56 Å². The van der Waals surface area contributed by atoms with Crippen molar-refractivity contribution in [3.05, 3.63) is 59.7 Å². The quantitative estimate of drug-likeness (QED) is 0.406. The zero-order valence-corrected chi connectivity index (χ0v) is 16.7. The van der Waals surface area contributed by atoms with Gasteiger partial charge in [0.2, 0.25) is 11.8 Å². The van der Waals surface area contributed by atoms with Crippen molar-refractivity contribution in [2.24, 2.45) is 17.4 Å². The minimum Gasteiger partial charge on any atom is -0.397 e. The van der Waals surface area contributed by atoms with Gasteiger partial charge in [-0.25, -0.2) is 0 Å². The molecule has 7 N–H and O–H groups in total. The van der Waals surface area contributed by atoms with Crippen molar-refractivity contribution in [3.63, 3.8) is 0 Å². The maximum Gasteiger partial charge on any atom is 0.255 e. The Labute approximate surface area is 175 Å². The van der Waals surface area contributed by atoms with E-state index in [1.807, 2.05) is 0 Å². The van der Waals surface area contributed by atoms with Gasteiger partial charge in [0.15, 0.2) is 0 Å². The van der Waals surface area contributed by atoms with E-state index in [0.717, 1.165) is 37.9 Å². The van der Waals surface area contributed by atoms with Crippen molar-refractivity contribution >= 4 is 29.1 Å². The predicted molar refractivity (Wildman–Crippen MR) is 115 cm³/mol. The number of nitrogens with one attached hydrogen (secondary N) is 1. The largest absolute Gasteiger partial charge is 0.397 e. The molecule has 3 rings (SSSR count). The summed E-state index contributed by atoms with van der Waals surface area (Å²) in [6, 6.07) is 13.2. The van der Waals surface area contributed by atoms with Crippen molar-refractivity contribution in [1.29, 1.82) is 0 Å². The highest BCUT2D eigenvalue weighted by atomic mass is 16.2. The van der Waals surface area contributed by atoms with Crippen LogP contribution >= 0.6 is 0 Å². The maximum atomic E-state index is 12.6. The van der Waals surface area contributed by atoms with E-state index >= 15 is 0 Å². The highest BCUT2D eigenvalue weighted by Crippen LogP contribution is 2.32. The van der Waals surface area contributed by atoms with Crippen molar-refractivity contribution in [2.45, 2.75) is 25.3 Å². The molecule has 2 aromatic carbocycles. The first-order chi connectivity index (χ1) is 14.4. The van der Waals surface area contributed by atoms with Crippen LogP contribution in [0.4, 0.5) is 11.4 Å². The van der Waals surface area contributed by atoms with Gasteiger partial charge < -0.3 is 22.5 Å². The molecule has 1 heterocycles. The number of para-hydroxylation sites is 2. The van der Waals surface area contributed by atoms with E-state index in [-0.39, 0.29) is 5.91 Å². The van der Waals surface area contributed by atoms with Gasteiger partial charge in [0.1, 0.15) is 5.92 Å². The van der Waals surface area contributed by atoms with Gasteiger partial charge in [-0.1, -0.05) is 30.7 Å². The third kappa shape index (κ3) is 4.77. The number of likely N-dealkylation sites (tertiary alicyclic amines) is 1. The van der Waals surface area contributed by atoms with Crippen LogP contribution in [0.15, 0.2) is 48.5 Å². The van der Waals surface area contributed by atoms with Crippen LogP contribution in [0, 0.1) is 5.92 Å². The first kappa shape index (κ1) is 21.3. The van der Waals surface area contributed by atoms with Crippen LogP contribution in [0.2, 0.25) is 0 Å². The van der Waals surface area contributed by atoms with Crippen LogP contribution < -0.4 is 22.5 Å². The van der Waals surface area contributed by atoms with Crippen LogP contribution in [0.5, 0.6) is 0 Å². The fourth-order valence-corrected chi connectivity index (χ4v) is 3.90. The molecule has 8 heteroatoms. The first-order valence-corrected chi connectivity index (χ1v) is 9.97. The number of nitrogens with zero attached hydrogens (tertiary/aromatic N) is 1. The number of hydrogen-bond acceptors (Lipinski definition) is 5. The molecule has 1 aliphatic rings. The second-order valence-corrected chi connectivity index (χ2v) is 7.49. The third-order valence-corrected chi connectivity index (χ3v) is 5.44. The van der Waals surface area contributed by atoms with Crippen molar-refractivity contribution < 1.29 is 14.4 Å². The molecule has 0 spiro atoms. The second kappa shape index (κ2) is 9.41. The van der Waals surface area contributed by atoms with Crippen molar-refractivity contribution in [1.82, 2.24) is 4.90 Å². The Hall–Kier alpha value is -3.39. The Balaban J connectivity index is 1.86. The second-order valence-electron chi connectivity index (χ2n) is 7.49. The smallest absolute Gasteiger partial charge is 0.255 e. The predicted octanol–water partition coefficient (Wildman–Crippen LogP) is 1.63. The normalized spacial score (nSPS) is 15.5. The van der Waals surface area contributed by atoms with Crippen LogP contribution in [0.3, 0.4) is 0 Å². The molecule has 1 saturated heterocycles. The van der Waals surface area contributed by atoms with E-state index in [9.17, 15) is 14.4 Å². The van der Waals surface area contributed by atoms with Crippen LogP contribution in [0.1, 0.15) is 41.2 Å². The monoisotopic (exact) mass is 409 g/mol. The Kier molecular flexibility index (Phi) is 6.68. The number of nitrogens with two attached hydrogens (primary N) is 3. The summed E-state index contributed by atoms with van der Waals surface area (Å²) in [6.07, 6.45) is 3.04.